The molecule has 2 aliphatic carbocycles. The number of aromatic hydroxyl groups is 1. The van der Waals surface area contributed by atoms with E-state index < -0.39 is 25.1 Å². The Hall–Kier alpha value is -0.969. The molecule has 0 radical (unpaired) electrons. The van der Waals surface area contributed by atoms with Crippen LogP contribution in [0.4, 0.5) is 5.69 Å². The van der Waals surface area contributed by atoms with E-state index in [4.69, 9.17) is 18.6 Å². The molecule has 1 saturated carbocycles. The van der Waals surface area contributed by atoms with Crippen molar-refractivity contribution in [1.82, 2.24) is 0 Å². The molecule has 5 atom stereocenters. The van der Waals surface area contributed by atoms with Crippen molar-refractivity contribution in [3.05, 3.63) is 84.3 Å². The van der Waals surface area contributed by atoms with Gasteiger partial charge in [-0.3, -0.25) is 0 Å². The average molecular weight is 592 g/mol. The summed E-state index contributed by atoms with van der Waals surface area (Å²) in [7, 11) is 9.97. The van der Waals surface area contributed by atoms with E-state index in [-0.39, 0.29) is 12.8 Å². The van der Waals surface area contributed by atoms with Crippen molar-refractivity contribution in [2.45, 2.75) is 70.6 Å². The quantitative estimate of drug-likeness (QED) is 0.280. The molecule has 2 aromatic rings. The fraction of sp³-hybridized carbons (Fsp3) is 0.452. The van der Waals surface area contributed by atoms with Crippen molar-refractivity contribution in [2.24, 2.45) is 11.8 Å². The second kappa shape index (κ2) is 11.3. The van der Waals surface area contributed by atoms with E-state index in [0.717, 1.165) is 5.56 Å². The van der Waals surface area contributed by atoms with E-state index in [2.05, 4.69) is 114 Å². The molecule has 0 bridgehead atoms. The van der Waals surface area contributed by atoms with Crippen LogP contribution >= 0.6 is 18.6 Å². The van der Waals surface area contributed by atoms with E-state index in [0.29, 0.717) is 35.1 Å². The molecule has 1 heterocycles. The summed E-state index contributed by atoms with van der Waals surface area (Å²) < 4.78 is 0. The summed E-state index contributed by atoms with van der Waals surface area (Å²) in [5, 5.41) is 12.9. The molecule has 1 fully saturated rings. The van der Waals surface area contributed by atoms with Crippen molar-refractivity contribution in [3.63, 3.8) is 0 Å². The Balaban J connectivity index is 0.000000908. The molecule has 2 aromatic carbocycles. The second-order valence-electron chi connectivity index (χ2n) is 12.4. The first kappa shape index (κ1) is 30.6. The first-order valence-corrected chi connectivity index (χ1v) is 20.2. The Morgan fingerprint density at radius 3 is 2.14 bits per heavy atom. The SMILES string of the molecule is Cc1ccc2c(c1)C1C(C3C=CC=CC3C1[Si](C)(C)c1cc(C)cc(C(C)(C)C)c1O)N2C.[CH3-].[Cl][Ti][Cl]. The molecule has 2 nitrogen and oxygen atoms in total. The van der Waals surface area contributed by atoms with Crippen LogP contribution in [0.2, 0.25) is 18.6 Å². The van der Waals surface area contributed by atoms with Crippen molar-refractivity contribution >= 4 is 37.6 Å². The normalized spacial score (nSPS) is 25.5. The van der Waals surface area contributed by atoms with Gasteiger partial charge in [0.25, 0.3) is 0 Å². The van der Waals surface area contributed by atoms with Crippen LogP contribution in [-0.2, 0) is 22.4 Å². The molecule has 3 aliphatic rings. The Labute approximate surface area is 242 Å². The third-order valence-corrected chi connectivity index (χ3v) is 12.9. The van der Waals surface area contributed by atoms with Crippen LogP contribution in [-0.4, -0.2) is 26.3 Å². The van der Waals surface area contributed by atoms with Gasteiger partial charge in [0.2, 0.25) is 0 Å². The van der Waals surface area contributed by atoms with Gasteiger partial charge in [0, 0.05) is 30.6 Å². The first-order chi connectivity index (χ1) is 16.8. The zero-order valence-electron chi connectivity index (χ0n) is 23.7. The van der Waals surface area contributed by atoms with Gasteiger partial charge in [-0.15, -0.1) is 0 Å². The number of hydrogen-bond acceptors (Lipinski definition) is 2. The van der Waals surface area contributed by atoms with E-state index in [1.54, 1.807) is 0 Å². The zero-order valence-corrected chi connectivity index (χ0v) is 27.8. The second-order valence-corrected chi connectivity index (χ2v) is 19.6. The van der Waals surface area contributed by atoms with Gasteiger partial charge >= 0.3 is 35.6 Å². The molecule has 5 rings (SSSR count). The zero-order chi connectivity index (χ0) is 26.6. The monoisotopic (exact) mass is 590 g/mol. The van der Waals surface area contributed by atoms with Gasteiger partial charge in [-0.05, 0) is 53.1 Å². The molecule has 6 heteroatoms. The van der Waals surface area contributed by atoms with E-state index in [1.165, 1.54) is 27.6 Å². The Morgan fingerprint density at radius 1 is 0.946 bits per heavy atom. The first-order valence-electron chi connectivity index (χ1n) is 12.8. The Kier molecular flexibility index (Phi) is 9.30. The maximum atomic E-state index is 11.7. The van der Waals surface area contributed by atoms with Crippen molar-refractivity contribution < 1.29 is 22.1 Å². The molecule has 200 valence electrons. The van der Waals surface area contributed by atoms with Crippen LogP contribution in [0, 0.1) is 33.1 Å². The number of benzene rings is 2. The Bertz CT molecular complexity index is 1200. The maximum absolute atomic E-state index is 11.7. The molecule has 0 spiro atoms. The molecule has 5 unspecified atom stereocenters. The third kappa shape index (κ3) is 5.29. The van der Waals surface area contributed by atoms with Gasteiger partial charge in [-0.25, -0.2) is 0 Å². The fourth-order valence-corrected chi connectivity index (χ4v) is 11.6. The predicted octanol–water partition coefficient (Wildman–Crippen LogP) is 8.39. The number of anilines is 1. The number of likely N-dealkylation sites (N-methyl/N-ethyl adjacent to an activating group) is 1. The molecular formula is C31H42Cl2NOSiTi-. The van der Waals surface area contributed by atoms with Crippen LogP contribution in [0.15, 0.2) is 54.6 Å². The minimum atomic E-state index is -2.10. The van der Waals surface area contributed by atoms with Gasteiger partial charge in [0.1, 0.15) is 5.75 Å². The molecule has 0 amide bonds. The van der Waals surface area contributed by atoms with Crippen molar-refractivity contribution in [3.8, 4) is 5.75 Å². The molecule has 1 N–H and O–H groups in total. The number of aryl methyl sites for hydroxylation is 2. The number of fused-ring (bicyclic) bond motifs is 5. The van der Waals surface area contributed by atoms with E-state index in [9.17, 15) is 5.11 Å². The summed E-state index contributed by atoms with van der Waals surface area (Å²) >= 11 is -0.556. The number of allylic oxidation sites excluding steroid dienone is 3. The van der Waals surface area contributed by atoms with Gasteiger partial charge in [-0.2, -0.15) is 0 Å². The predicted molar refractivity (Wildman–Crippen MR) is 162 cm³/mol. The number of rotatable bonds is 2. The summed E-state index contributed by atoms with van der Waals surface area (Å²) in [6.45, 7) is 16.1. The third-order valence-electron chi connectivity index (χ3n) is 8.75. The van der Waals surface area contributed by atoms with E-state index >= 15 is 0 Å². The Morgan fingerprint density at radius 2 is 1.54 bits per heavy atom. The standard InChI is InChI=1S/C30H39NOSi.CH3.2ClH.Ti/c1-18-13-14-24-22(15-18)26-27(31(24)6)20-11-9-10-12-21(20)29(26)33(7,8)25-17-19(2)16-23(28(25)32)30(3,4)5;;;;/h9-17,20-21,26-27,29,32H,1-8H3;1H3;2*1H;/q;-1;;;+2/p-2. The van der Waals surface area contributed by atoms with Crippen molar-refractivity contribution in [1.29, 1.82) is 0 Å². The molecule has 37 heavy (non-hydrogen) atoms. The van der Waals surface area contributed by atoms with Crippen LogP contribution in [0.25, 0.3) is 0 Å². The number of phenols is 1. The fourth-order valence-electron chi connectivity index (χ4n) is 7.28. The number of phenolic OH excluding ortho intramolecular Hbond substituents is 1. The number of nitrogens with zero attached hydrogens (tertiary/aromatic N) is 1. The van der Waals surface area contributed by atoms with Gasteiger partial charge in [-0.1, -0.05) is 93.6 Å². The number of halogens is 2. The van der Waals surface area contributed by atoms with Crippen molar-refractivity contribution in [2.75, 3.05) is 11.9 Å². The van der Waals surface area contributed by atoms with Crippen LogP contribution in [0.3, 0.4) is 0 Å². The molecule has 1 aliphatic heterocycles. The number of hydrogen-bond donors (Lipinski definition) is 1. The summed E-state index contributed by atoms with van der Waals surface area (Å²) in [6, 6.07) is 12.0. The average Bonchev–Trinajstić information content (AvgIpc) is 3.28. The molecule has 0 saturated heterocycles. The van der Waals surface area contributed by atoms with Gasteiger partial charge in [0.05, 0.1) is 8.07 Å². The van der Waals surface area contributed by atoms with Crippen LogP contribution in [0.1, 0.15) is 48.9 Å². The van der Waals surface area contributed by atoms with E-state index in [1.807, 2.05) is 0 Å². The summed E-state index contributed by atoms with van der Waals surface area (Å²) in [5.74, 6) is 2.08. The van der Waals surface area contributed by atoms with Crippen LogP contribution in [0.5, 0.6) is 5.75 Å². The van der Waals surface area contributed by atoms with Gasteiger partial charge < -0.3 is 17.4 Å². The molecular weight excluding hydrogens is 549 g/mol. The topological polar surface area (TPSA) is 23.5 Å². The molecule has 0 aromatic heterocycles. The summed E-state index contributed by atoms with van der Waals surface area (Å²) in [4.78, 5) is 2.56. The minimum absolute atomic E-state index is 0. The summed E-state index contributed by atoms with van der Waals surface area (Å²) in [5.41, 5.74) is 7.06. The summed E-state index contributed by atoms with van der Waals surface area (Å²) in [6.07, 6.45) is 9.44. The van der Waals surface area contributed by atoms with Crippen LogP contribution < -0.4 is 10.1 Å². The van der Waals surface area contributed by atoms with Gasteiger partial charge in [0.15, 0.2) is 0 Å².